The molecule has 0 bridgehead atoms. The van der Waals surface area contributed by atoms with Gasteiger partial charge in [0.05, 0.1) is 38.0 Å². The molecule has 3 amide bonds. The van der Waals surface area contributed by atoms with Crippen LogP contribution in [0.5, 0.6) is 5.75 Å². The summed E-state index contributed by atoms with van der Waals surface area (Å²) in [6.07, 6.45) is -1.00. The summed E-state index contributed by atoms with van der Waals surface area (Å²) >= 11 is 0. The molecule has 5 aromatic carbocycles. The monoisotopic (exact) mass is 904 g/mol. The third kappa shape index (κ3) is 8.53. The van der Waals surface area contributed by atoms with Crippen LogP contribution in [0.2, 0.25) is 0 Å². The molecule has 0 radical (unpaired) electrons. The number of imide groups is 1. The number of aliphatic carboxylic acids is 1. The predicted molar refractivity (Wildman–Crippen MR) is 247 cm³/mol. The minimum atomic E-state index is -2.28. The van der Waals surface area contributed by atoms with Crippen molar-refractivity contribution in [2.24, 2.45) is 11.8 Å². The molecule has 2 fully saturated rings. The minimum Gasteiger partial charge on any atom is -0.491 e. The molecule has 14 nitrogen and oxygen atoms in total. The largest absolute Gasteiger partial charge is 0.491 e. The van der Waals surface area contributed by atoms with Gasteiger partial charge in [0.1, 0.15) is 41.9 Å². The summed E-state index contributed by atoms with van der Waals surface area (Å²) in [5.74, 6) is 0.189. The lowest BCUT2D eigenvalue weighted by Gasteiger charge is -2.46. The van der Waals surface area contributed by atoms with Crippen molar-refractivity contribution in [3.8, 4) is 17.6 Å². The molecule has 0 aromatic heterocycles. The highest BCUT2D eigenvalue weighted by atomic mass is 16.6. The van der Waals surface area contributed by atoms with Gasteiger partial charge in [0, 0.05) is 17.7 Å². The lowest BCUT2D eigenvalue weighted by Crippen LogP contribution is -2.56. The fourth-order valence-corrected chi connectivity index (χ4v) is 9.98. The van der Waals surface area contributed by atoms with Crippen LogP contribution in [0.15, 0.2) is 133 Å². The summed E-state index contributed by atoms with van der Waals surface area (Å²) in [7, 11) is 3.13. The number of hydrogen-bond acceptors (Lipinski definition) is 11. The second-order valence-corrected chi connectivity index (χ2v) is 17.2. The van der Waals surface area contributed by atoms with Crippen LogP contribution >= 0.6 is 0 Å². The van der Waals surface area contributed by atoms with Crippen LogP contribution in [0.25, 0.3) is 0 Å². The molecule has 344 valence electrons. The highest BCUT2D eigenvalue weighted by molar-refractivity contribution is 6.25. The highest BCUT2D eigenvalue weighted by Gasteiger charge is 2.76. The third-order valence-electron chi connectivity index (χ3n) is 12.8. The quantitative estimate of drug-likeness (QED) is 0.0904. The van der Waals surface area contributed by atoms with Crippen molar-refractivity contribution in [3.05, 3.63) is 167 Å². The first-order chi connectivity index (χ1) is 32.4. The Morgan fingerprint density at radius 3 is 2.15 bits per heavy atom. The molecule has 7 atom stereocenters. The standard InChI is InChI=1S/C53H52N4O10/c1-33(2)43(49(61)65-4)54-52(64)56-40-27-26-34(19-16-28-55(3)32-35-17-8-5-9-18-35)31-39(40)53(51(56)63)42(48(59)60)45-50(62)67-46(37-22-12-7-13-23-37)44(36-20-10-6-11-21-36)57(45)47(53)38-24-14-15-25-41(38)66-30-29-58/h5-15,17-18,20-27,31,33,42-47,58H,28-30,32H2,1-4H3,(H,54,64)(H,59,60)/t42-,43+,44-,45-,46+,47+,53-/m1/s1. The van der Waals surface area contributed by atoms with Crippen molar-refractivity contribution in [1.82, 2.24) is 15.1 Å². The SMILES string of the molecule is COC(=O)[C@@H](NC(=O)N1C(=O)[C@@]2(c3cc(C#CCN(C)Cc4ccccc4)ccc31)[C@H](c1ccccc1OCCO)N1[C@H](c3ccccc3)[C@H](c3ccccc3)OC(=O)[C@H]1[C@@H]2C(=O)O)C(C)C. The molecule has 3 aliphatic rings. The first-order valence-corrected chi connectivity index (χ1v) is 22.1. The van der Waals surface area contributed by atoms with Gasteiger partial charge in [-0.25, -0.2) is 14.5 Å². The Bertz CT molecular complexity index is 2710. The van der Waals surface area contributed by atoms with E-state index < -0.39 is 77.4 Å². The van der Waals surface area contributed by atoms with Crippen LogP contribution in [-0.4, -0.2) is 95.9 Å². The molecule has 14 heteroatoms. The number of nitrogens with one attached hydrogen (secondary N) is 1. The van der Waals surface area contributed by atoms with Crippen molar-refractivity contribution < 1.29 is 48.4 Å². The number of fused-ring (bicyclic) bond motifs is 3. The molecule has 67 heavy (non-hydrogen) atoms. The number of carboxylic acid groups (broad SMARTS) is 1. The average molecular weight is 905 g/mol. The van der Waals surface area contributed by atoms with Crippen molar-refractivity contribution in [2.45, 2.75) is 56.1 Å². The first kappa shape index (κ1) is 46.2. The summed E-state index contributed by atoms with van der Waals surface area (Å²) in [5, 5.41) is 24.4. The Hall–Kier alpha value is -7.31. The Labute approximate surface area is 389 Å². The fraction of sp³-hybridized carbons (Fsp3) is 0.302. The number of amides is 3. The van der Waals surface area contributed by atoms with Gasteiger partial charge >= 0.3 is 23.9 Å². The lowest BCUT2D eigenvalue weighted by molar-refractivity contribution is -0.179. The van der Waals surface area contributed by atoms with Gasteiger partial charge in [-0.3, -0.25) is 24.2 Å². The number of nitrogens with zero attached hydrogens (tertiary/aromatic N) is 3. The van der Waals surface area contributed by atoms with E-state index in [1.807, 2.05) is 103 Å². The number of aliphatic hydroxyl groups is 1. The molecule has 0 saturated carbocycles. The van der Waals surface area contributed by atoms with E-state index in [-0.39, 0.29) is 30.2 Å². The van der Waals surface area contributed by atoms with Crippen LogP contribution in [0.1, 0.15) is 65.4 Å². The number of urea groups is 1. The van der Waals surface area contributed by atoms with Crippen molar-refractivity contribution >= 4 is 35.5 Å². The van der Waals surface area contributed by atoms with Gasteiger partial charge in [0.15, 0.2) is 0 Å². The molecule has 8 rings (SSSR count). The zero-order valence-corrected chi connectivity index (χ0v) is 37.6. The molecular formula is C53H52N4O10. The summed E-state index contributed by atoms with van der Waals surface area (Å²) in [5.41, 5.74) is 0.998. The smallest absolute Gasteiger partial charge is 0.329 e. The second-order valence-electron chi connectivity index (χ2n) is 17.2. The second kappa shape index (κ2) is 19.7. The van der Waals surface area contributed by atoms with Crippen LogP contribution in [0, 0.1) is 23.7 Å². The van der Waals surface area contributed by atoms with E-state index in [1.54, 1.807) is 61.2 Å². The Balaban J connectivity index is 1.40. The molecule has 1 spiro atoms. The number of carboxylic acids is 1. The maximum atomic E-state index is 16.3. The Morgan fingerprint density at radius 2 is 1.51 bits per heavy atom. The van der Waals surface area contributed by atoms with Crippen LogP contribution in [0.3, 0.4) is 0 Å². The summed E-state index contributed by atoms with van der Waals surface area (Å²) in [6.45, 7) is 3.88. The van der Waals surface area contributed by atoms with Gasteiger partial charge in [-0.1, -0.05) is 135 Å². The molecular weight excluding hydrogens is 853 g/mol. The van der Waals surface area contributed by atoms with Gasteiger partial charge in [0.25, 0.3) is 0 Å². The lowest BCUT2D eigenvalue weighted by atomic mass is 9.65. The Kier molecular flexibility index (Phi) is 13.6. The number of rotatable bonds is 13. The number of esters is 2. The number of morpholine rings is 1. The van der Waals surface area contributed by atoms with Crippen molar-refractivity contribution in [3.63, 3.8) is 0 Å². The van der Waals surface area contributed by atoms with Crippen molar-refractivity contribution in [2.75, 3.05) is 38.8 Å². The molecule has 2 saturated heterocycles. The van der Waals surface area contributed by atoms with Crippen LogP contribution in [-0.2, 0) is 40.6 Å². The number of carbonyl (C=O) groups is 5. The number of ether oxygens (including phenoxy) is 3. The topological polar surface area (TPSA) is 175 Å². The average Bonchev–Trinajstić information content (AvgIpc) is 3.79. The molecule has 3 heterocycles. The molecule has 3 aliphatic heterocycles. The number of anilines is 1. The number of cyclic esters (lactones) is 1. The molecule has 0 unspecified atom stereocenters. The van der Waals surface area contributed by atoms with Gasteiger partial charge < -0.3 is 29.7 Å². The number of methoxy groups -OCH3 is 1. The zero-order valence-electron chi connectivity index (χ0n) is 37.6. The van der Waals surface area contributed by atoms with Gasteiger partial charge in [-0.05, 0) is 59.5 Å². The molecule has 0 aliphatic carbocycles. The number of hydrogen-bond donors (Lipinski definition) is 3. The number of aliphatic hydroxyl groups excluding tert-OH is 1. The highest BCUT2D eigenvalue weighted by Crippen LogP contribution is 2.66. The van der Waals surface area contributed by atoms with Crippen molar-refractivity contribution in [1.29, 1.82) is 0 Å². The summed E-state index contributed by atoms with van der Waals surface area (Å²) in [6, 6.07) is 33.7. The minimum absolute atomic E-state index is 0.0377. The summed E-state index contributed by atoms with van der Waals surface area (Å²) < 4.78 is 17.6. The Morgan fingerprint density at radius 1 is 0.866 bits per heavy atom. The van der Waals surface area contributed by atoms with E-state index in [9.17, 15) is 24.6 Å². The maximum absolute atomic E-state index is 16.3. The van der Waals surface area contributed by atoms with E-state index in [0.29, 0.717) is 35.3 Å². The van der Waals surface area contributed by atoms with E-state index in [2.05, 4.69) is 17.2 Å². The molecule has 3 N–H and O–H groups in total. The van der Waals surface area contributed by atoms with Gasteiger partial charge in [0.2, 0.25) is 5.91 Å². The summed E-state index contributed by atoms with van der Waals surface area (Å²) in [4.78, 5) is 78.3. The zero-order chi connectivity index (χ0) is 47.4. The third-order valence-corrected chi connectivity index (χ3v) is 12.8. The van der Waals surface area contributed by atoms with E-state index in [0.717, 1.165) is 10.5 Å². The molecule has 5 aromatic rings. The number of benzene rings is 5. The fourth-order valence-electron chi connectivity index (χ4n) is 9.98. The number of carbonyl (C=O) groups excluding carboxylic acids is 4. The van der Waals surface area contributed by atoms with Crippen LogP contribution < -0.4 is 15.0 Å². The van der Waals surface area contributed by atoms with E-state index in [4.69, 9.17) is 14.2 Å². The van der Waals surface area contributed by atoms with Crippen LogP contribution in [0.4, 0.5) is 10.5 Å². The van der Waals surface area contributed by atoms with E-state index in [1.165, 1.54) is 7.11 Å². The van der Waals surface area contributed by atoms with Gasteiger partial charge in [-0.2, -0.15) is 0 Å². The predicted octanol–water partition coefficient (Wildman–Crippen LogP) is 6.20. The normalized spacial score (nSPS) is 22.4. The van der Waals surface area contributed by atoms with E-state index >= 15 is 9.59 Å². The first-order valence-electron chi connectivity index (χ1n) is 22.1. The number of para-hydroxylation sites is 1. The maximum Gasteiger partial charge on any atom is 0.329 e. The van der Waals surface area contributed by atoms with Gasteiger partial charge in [-0.15, -0.1) is 0 Å².